The maximum atomic E-state index is 5.83. The molecule has 1 fully saturated rings. The number of rotatable bonds is 2. The highest BCUT2D eigenvalue weighted by atomic mass is 16.3. The molecule has 0 unspecified atom stereocenters. The summed E-state index contributed by atoms with van der Waals surface area (Å²) in [5.74, 6) is 1.16. The lowest BCUT2D eigenvalue weighted by Crippen LogP contribution is -2.44. The van der Waals surface area contributed by atoms with Crippen molar-refractivity contribution in [3.63, 3.8) is 0 Å². The first-order valence-corrected chi connectivity index (χ1v) is 6.97. The van der Waals surface area contributed by atoms with Crippen molar-refractivity contribution in [2.24, 2.45) is 0 Å². The zero-order chi connectivity index (χ0) is 13.4. The summed E-state index contributed by atoms with van der Waals surface area (Å²) in [6.45, 7) is 8.59. The molecule has 0 atom stereocenters. The molecule has 1 aromatic carbocycles. The van der Waals surface area contributed by atoms with Crippen molar-refractivity contribution in [3.05, 3.63) is 24.1 Å². The van der Waals surface area contributed by atoms with Gasteiger partial charge in [-0.2, -0.15) is 0 Å². The van der Waals surface area contributed by atoms with Gasteiger partial charge in [0.2, 0.25) is 0 Å². The van der Waals surface area contributed by atoms with Crippen LogP contribution in [0, 0.1) is 0 Å². The molecule has 0 N–H and O–H groups in total. The van der Waals surface area contributed by atoms with Crippen molar-refractivity contribution in [1.29, 1.82) is 0 Å². The molecule has 2 heterocycles. The minimum absolute atomic E-state index is 0.333. The van der Waals surface area contributed by atoms with Crippen LogP contribution in [0.25, 0.3) is 11.1 Å². The van der Waals surface area contributed by atoms with Crippen molar-refractivity contribution in [1.82, 2.24) is 9.88 Å². The summed E-state index contributed by atoms with van der Waals surface area (Å²) in [6, 6.07) is 6.35. The number of aromatic nitrogens is 1. The molecule has 2 aromatic rings. The van der Waals surface area contributed by atoms with Crippen LogP contribution in [0.1, 0.15) is 25.7 Å². The van der Waals surface area contributed by atoms with Crippen molar-refractivity contribution < 1.29 is 4.42 Å². The number of hydrogen-bond acceptors (Lipinski definition) is 4. The Morgan fingerprint density at radius 3 is 2.58 bits per heavy atom. The average Bonchev–Trinajstić information content (AvgIpc) is 2.82. The second-order valence-electron chi connectivity index (χ2n) is 5.65. The molecule has 3 rings (SSSR count). The quantitative estimate of drug-likeness (QED) is 0.830. The first-order valence-electron chi connectivity index (χ1n) is 6.97. The fraction of sp³-hybridized carbons (Fsp3) is 0.533. The molecule has 0 radical (unpaired) electrons. The first kappa shape index (κ1) is 12.5. The lowest BCUT2D eigenvalue weighted by Gasteiger charge is -2.33. The van der Waals surface area contributed by atoms with Gasteiger partial charge in [0.05, 0.1) is 0 Å². The molecule has 1 aliphatic rings. The zero-order valence-corrected chi connectivity index (χ0v) is 11.9. The Hall–Kier alpha value is -1.55. The molecule has 1 saturated heterocycles. The van der Waals surface area contributed by atoms with Gasteiger partial charge < -0.3 is 14.2 Å². The van der Waals surface area contributed by atoms with Crippen LogP contribution in [0.4, 0.5) is 5.69 Å². The summed E-state index contributed by atoms with van der Waals surface area (Å²) in [5.41, 5.74) is 3.11. The molecule has 19 heavy (non-hydrogen) atoms. The second-order valence-corrected chi connectivity index (χ2v) is 5.65. The van der Waals surface area contributed by atoms with Gasteiger partial charge in [0.1, 0.15) is 5.52 Å². The van der Waals surface area contributed by atoms with E-state index in [0.717, 1.165) is 43.2 Å². The normalized spacial score (nSPS) is 17.6. The third kappa shape index (κ3) is 2.45. The van der Waals surface area contributed by atoms with E-state index in [9.17, 15) is 0 Å². The summed E-state index contributed by atoms with van der Waals surface area (Å²) in [6.07, 6.45) is 0. The number of nitrogens with zero attached hydrogens (tertiary/aromatic N) is 3. The molecule has 0 amide bonds. The van der Waals surface area contributed by atoms with E-state index in [1.807, 2.05) is 0 Å². The molecule has 0 spiro atoms. The van der Waals surface area contributed by atoms with Crippen LogP contribution >= 0.6 is 0 Å². The Morgan fingerprint density at radius 2 is 1.89 bits per heavy atom. The number of benzene rings is 1. The van der Waals surface area contributed by atoms with E-state index in [4.69, 9.17) is 4.42 Å². The highest BCUT2D eigenvalue weighted by Crippen LogP contribution is 2.26. The monoisotopic (exact) mass is 259 g/mol. The fourth-order valence-corrected chi connectivity index (χ4v) is 2.44. The van der Waals surface area contributed by atoms with E-state index in [2.05, 4.69) is 53.9 Å². The summed E-state index contributed by atoms with van der Waals surface area (Å²) >= 11 is 0. The highest BCUT2D eigenvalue weighted by Gasteiger charge is 2.16. The molecule has 0 aliphatic carbocycles. The maximum absolute atomic E-state index is 5.83. The second kappa shape index (κ2) is 4.85. The molecule has 1 aromatic heterocycles. The average molecular weight is 259 g/mol. The van der Waals surface area contributed by atoms with E-state index in [1.165, 1.54) is 5.69 Å². The van der Waals surface area contributed by atoms with Gasteiger partial charge in [-0.1, -0.05) is 13.8 Å². The van der Waals surface area contributed by atoms with Gasteiger partial charge in [-0.05, 0) is 19.2 Å². The summed E-state index contributed by atoms with van der Waals surface area (Å²) in [7, 11) is 2.17. The van der Waals surface area contributed by atoms with Gasteiger partial charge in [-0.15, -0.1) is 0 Å². The lowest BCUT2D eigenvalue weighted by molar-refractivity contribution is 0.313. The smallest absolute Gasteiger partial charge is 0.198 e. The predicted octanol–water partition coefficient (Wildman–Crippen LogP) is 2.70. The van der Waals surface area contributed by atoms with E-state index >= 15 is 0 Å². The SMILES string of the molecule is CC(C)c1nc2ccc(N3CCN(C)CC3)cc2o1. The third-order valence-electron chi connectivity index (χ3n) is 3.75. The molecule has 4 heteroatoms. The number of fused-ring (bicyclic) bond motifs is 1. The maximum Gasteiger partial charge on any atom is 0.198 e. The lowest BCUT2D eigenvalue weighted by atomic mass is 10.2. The molecule has 1 aliphatic heterocycles. The standard InChI is InChI=1S/C15H21N3O/c1-11(2)15-16-13-5-4-12(10-14(13)19-15)18-8-6-17(3)7-9-18/h4-5,10-11H,6-9H2,1-3H3. The fourth-order valence-electron chi connectivity index (χ4n) is 2.44. The van der Waals surface area contributed by atoms with Crippen LogP contribution in [0.15, 0.2) is 22.6 Å². The van der Waals surface area contributed by atoms with Crippen molar-refractivity contribution >= 4 is 16.8 Å². The summed E-state index contributed by atoms with van der Waals surface area (Å²) in [4.78, 5) is 9.29. The van der Waals surface area contributed by atoms with Gasteiger partial charge >= 0.3 is 0 Å². The van der Waals surface area contributed by atoms with E-state index in [0.29, 0.717) is 5.92 Å². The van der Waals surface area contributed by atoms with Crippen molar-refractivity contribution in [2.45, 2.75) is 19.8 Å². The van der Waals surface area contributed by atoms with Crippen LogP contribution in [0.2, 0.25) is 0 Å². The van der Waals surface area contributed by atoms with Crippen LogP contribution in [0.5, 0.6) is 0 Å². The Kier molecular flexibility index (Phi) is 3.19. The topological polar surface area (TPSA) is 32.5 Å². The Balaban J connectivity index is 1.88. The number of anilines is 1. The molecular formula is C15H21N3O. The van der Waals surface area contributed by atoms with Crippen molar-refractivity contribution in [3.8, 4) is 0 Å². The predicted molar refractivity (Wildman–Crippen MR) is 77.8 cm³/mol. The van der Waals surface area contributed by atoms with E-state index in [-0.39, 0.29) is 0 Å². The van der Waals surface area contributed by atoms with Gasteiger partial charge in [0.25, 0.3) is 0 Å². The minimum Gasteiger partial charge on any atom is -0.440 e. The van der Waals surface area contributed by atoms with Gasteiger partial charge in [0, 0.05) is 43.9 Å². The highest BCUT2D eigenvalue weighted by molar-refractivity contribution is 5.77. The summed E-state index contributed by atoms with van der Waals surface area (Å²) in [5, 5.41) is 0. The van der Waals surface area contributed by atoms with E-state index in [1.54, 1.807) is 0 Å². The zero-order valence-electron chi connectivity index (χ0n) is 11.9. The van der Waals surface area contributed by atoms with Gasteiger partial charge in [-0.3, -0.25) is 0 Å². The molecule has 0 bridgehead atoms. The Labute approximate surface area is 114 Å². The summed E-state index contributed by atoms with van der Waals surface area (Å²) < 4.78 is 5.83. The molecular weight excluding hydrogens is 238 g/mol. The van der Waals surface area contributed by atoms with Gasteiger partial charge in [-0.25, -0.2) is 4.98 Å². The van der Waals surface area contributed by atoms with Gasteiger partial charge in [0.15, 0.2) is 11.5 Å². The number of piperazine rings is 1. The molecule has 0 saturated carbocycles. The third-order valence-corrected chi connectivity index (χ3v) is 3.75. The van der Waals surface area contributed by atoms with Crippen LogP contribution in [-0.2, 0) is 0 Å². The Bertz CT molecular complexity index is 568. The van der Waals surface area contributed by atoms with Crippen LogP contribution < -0.4 is 4.90 Å². The number of hydrogen-bond donors (Lipinski definition) is 0. The molecule has 4 nitrogen and oxygen atoms in total. The van der Waals surface area contributed by atoms with Crippen molar-refractivity contribution in [2.75, 3.05) is 38.1 Å². The van der Waals surface area contributed by atoms with Crippen LogP contribution in [-0.4, -0.2) is 43.1 Å². The van der Waals surface area contributed by atoms with Crippen LogP contribution in [0.3, 0.4) is 0 Å². The molecule has 102 valence electrons. The number of oxazole rings is 1. The first-order chi connectivity index (χ1) is 9.13. The number of likely N-dealkylation sites (N-methyl/N-ethyl adjacent to an activating group) is 1. The van der Waals surface area contributed by atoms with E-state index < -0.39 is 0 Å². The largest absolute Gasteiger partial charge is 0.440 e. The minimum atomic E-state index is 0.333. The Morgan fingerprint density at radius 1 is 1.16 bits per heavy atom.